The Morgan fingerprint density at radius 1 is 1.06 bits per heavy atom. The third-order valence-corrected chi connectivity index (χ3v) is 14.8. The van der Waals surface area contributed by atoms with Crippen LogP contribution in [0.5, 0.6) is 5.88 Å². The van der Waals surface area contributed by atoms with Gasteiger partial charge in [0.05, 0.1) is 55.3 Å². The first-order valence-electron chi connectivity index (χ1n) is 22.2. The summed E-state index contributed by atoms with van der Waals surface area (Å²) in [5.41, 5.74) is 8.31. The number of nitrogens with one attached hydrogen (secondary N) is 1. The van der Waals surface area contributed by atoms with E-state index in [1.54, 1.807) is 23.5 Å². The van der Waals surface area contributed by atoms with Crippen LogP contribution in [0, 0.1) is 12.8 Å². The number of thiazole rings is 1. The minimum atomic E-state index is -0.829. The Morgan fingerprint density at radius 3 is 2.55 bits per heavy atom. The molecule has 15 heteroatoms. The van der Waals surface area contributed by atoms with Crippen LogP contribution in [0.15, 0.2) is 81.6 Å². The molecule has 2 amide bonds. The molecule has 334 valence electrons. The number of halogens is 1. The number of aliphatic hydroxyl groups excluding tert-OH is 1. The van der Waals surface area contributed by atoms with Crippen molar-refractivity contribution < 1.29 is 24.0 Å². The van der Waals surface area contributed by atoms with Crippen LogP contribution < -0.4 is 15.6 Å². The zero-order chi connectivity index (χ0) is 45.0. The van der Waals surface area contributed by atoms with Crippen LogP contribution in [-0.2, 0) is 15.0 Å². The molecule has 3 aromatic heterocycles. The monoisotopic (exact) mass is 903 g/mol. The number of rotatable bonds is 12. The number of ether oxygens (including phenoxy) is 1. The number of β-amino-alcohol motifs (C(OH)–C–C–N with tert-alkyl or cyclic N) is 1. The number of hydrogen-bond donors (Lipinski definition) is 2. The number of piperidine rings is 1. The van der Waals surface area contributed by atoms with E-state index in [0.29, 0.717) is 41.1 Å². The number of aromatic nitrogens is 4. The molecule has 13 nitrogen and oxygen atoms in total. The smallest absolute Gasteiger partial charge is 0.282 e. The number of nitrogens with zero attached hydrogens (tertiary/aromatic N) is 6. The maximum atomic E-state index is 14.2. The fourth-order valence-electron chi connectivity index (χ4n) is 9.88. The molecule has 64 heavy (non-hydrogen) atoms. The number of aliphatic hydroxyl groups is 1. The third-order valence-electron chi connectivity index (χ3n) is 13.5. The molecule has 0 saturated carbocycles. The van der Waals surface area contributed by atoms with Gasteiger partial charge in [0.15, 0.2) is 5.76 Å². The van der Waals surface area contributed by atoms with Gasteiger partial charge < -0.3 is 24.6 Å². The SMILES string of the molecule is Cc1ncsc1-c1ccc([C@H](C)NC(=O)[C@@H]2C[C@@H](O)CN2C(=O)[C@@H](c2cc(OCCN3CCC(c4ccc5c(c4)C(C)(C)c4nc(=O)c6c(Cl)cccc6n4-5)CC3)no2)C(C)C)cc1. The van der Waals surface area contributed by atoms with Crippen LogP contribution >= 0.6 is 22.9 Å². The highest BCUT2D eigenvalue weighted by atomic mass is 35.5. The fourth-order valence-corrected chi connectivity index (χ4v) is 10.9. The number of carbonyl (C=O) groups is 2. The molecule has 3 aromatic carbocycles. The Kier molecular flexibility index (Phi) is 12.0. The van der Waals surface area contributed by atoms with Gasteiger partial charge in [-0.15, -0.1) is 11.3 Å². The number of carbonyl (C=O) groups excluding carboxylic acids is 2. The molecule has 6 aromatic rings. The number of likely N-dealkylation sites (tertiary alicyclic amines) is 2. The average Bonchev–Trinajstić information content (AvgIpc) is 4.07. The first-order chi connectivity index (χ1) is 30.7. The Bertz CT molecular complexity index is 2770. The van der Waals surface area contributed by atoms with E-state index in [0.717, 1.165) is 70.2 Å². The first-order valence-corrected chi connectivity index (χ1v) is 23.4. The van der Waals surface area contributed by atoms with Crippen molar-refractivity contribution in [1.82, 2.24) is 34.8 Å². The summed E-state index contributed by atoms with van der Waals surface area (Å²) in [5.74, 6) is 0.281. The Hall–Kier alpha value is -5.41. The van der Waals surface area contributed by atoms with Crippen LogP contribution in [-0.4, -0.2) is 91.3 Å². The van der Waals surface area contributed by atoms with Crippen LogP contribution in [0.3, 0.4) is 0 Å². The normalized spacial score (nSPS) is 19.5. The summed E-state index contributed by atoms with van der Waals surface area (Å²) < 4.78 is 13.9. The van der Waals surface area contributed by atoms with Gasteiger partial charge in [-0.05, 0) is 111 Å². The number of aryl methyl sites for hydroxylation is 1. The largest absolute Gasteiger partial charge is 0.474 e. The highest BCUT2D eigenvalue weighted by Gasteiger charge is 2.44. The maximum Gasteiger partial charge on any atom is 0.282 e. The second kappa shape index (κ2) is 17.5. The summed E-state index contributed by atoms with van der Waals surface area (Å²) in [6, 6.07) is 20.8. The molecule has 4 atom stereocenters. The molecule has 9 rings (SSSR count). The highest BCUT2D eigenvalue weighted by molar-refractivity contribution is 7.13. The molecular weight excluding hydrogens is 850 g/mol. The Balaban J connectivity index is 0.788. The van der Waals surface area contributed by atoms with Gasteiger partial charge in [-0.2, -0.15) is 4.98 Å². The quantitative estimate of drug-likeness (QED) is 0.124. The van der Waals surface area contributed by atoms with Crippen molar-refractivity contribution in [1.29, 1.82) is 0 Å². The van der Waals surface area contributed by atoms with Crippen molar-refractivity contribution >= 4 is 45.7 Å². The van der Waals surface area contributed by atoms with E-state index >= 15 is 0 Å². The van der Waals surface area contributed by atoms with E-state index in [2.05, 4.69) is 62.0 Å². The zero-order valence-electron chi connectivity index (χ0n) is 37.0. The second-order valence-electron chi connectivity index (χ2n) is 18.4. The van der Waals surface area contributed by atoms with Crippen molar-refractivity contribution in [2.24, 2.45) is 5.92 Å². The predicted octanol–water partition coefficient (Wildman–Crippen LogP) is 7.94. The van der Waals surface area contributed by atoms with Crippen molar-refractivity contribution in [3.63, 3.8) is 0 Å². The van der Waals surface area contributed by atoms with Crippen LogP contribution in [0.2, 0.25) is 5.02 Å². The van der Waals surface area contributed by atoms with E-state index in [9.17, 15) is 19.5 Å². The molecule has 6 heterocycles. The molecule has 0 bridgehead atoms. The van der Waals surface area contributed by atoms with Crippen LogP contribution in [0.1, 0.15) is 106 Å². The first kappa shape index (κ1) is 43.8. The van der Waals surface area contributed by atoms with Gasteiger partial charge in [0.1, 0.15) is 24.4 Å². The van der Waals surface area contributed by atoms with Crippen LogP contribution in [0.4, 0.5) is 0 Å². The number of fused-ring (bicyclic) bond motifs is 5. The lowest BCUT2D eigenvalue weighted by Crippen LogP contribution is -2.48. The average molecular weight is 905 g/mol. The topological polar surface area (TPSA) is 156 Å². The molecule has 0 spiro atoms. The Labute approximate surface area is 381 Å². The third kappa shape index (κ3) is 8.14. The van der Waals surface area contributed by atoms with Gasteiger partial charge >= 0.3 is 0 Å². The second-order valence-corrected chi connectivity index (χ2v) is 19.6. The molecule has 2 N–H and O–H groups in total. The predicted molar refractivity (Wildman–Crippen MR) is 247 cm³/mol. The minimum Gasteiger partial charge on any atom is -0.474 e. The van der Waals surface area contributed by atoms with Gasteiger partial charge in [-0.1, -0.05) is 67.9 Å². The standard InChI is InChI=1S/C49H54ClN7O6S/c1-27(2)42(47(61)56-25-34(58)23-39(56)45(59)52-28(3)30-10-12-32(13-11-30)44-29(4)51-26-64-44)40-24-41(54-63-40)62-21-20-55-18-16-31(17-19-55)33-14-15-37-35(22-33)49(5,6)48-53-46(60)43-36(50)8-7-9-38(43)57(37)48/h7-15,22,24,26-28,31,34,39,42,58H,16-21,23,25H2,1-6H3,(H,52,59)/t28-,34+,39-,42+/m0/s1. The molecule has 3 aliphatic rings. The molecule has 2 fully saturated rings. The number of hydrogen-bond acceptors (Lipinski definition) is 11. The van der Waals surface area contributed by atoms with E-state index < -0.39 is 23.5 Å². The van der Waals surface area contributed by atoms with E-state index in [1.165, 1.54) is 10.5 Å². The highest BCUT2D eigenvalue weighted by Crippen LogP contribution is 2.45. The van der Waals surface area contributed by atoms with E-state index in [1.807, 2.05) is 69.6 Å². The lowest BCUT2D eigenvalue weighted by Gasteiger charge is -2.32. The van der Waals surface area contributed by atoms with Crippen molar-refractivity contribution in [3.05, 3.63) is 122 Å². The lowest BCUT2D eigenvalue weighted by atomic mass is 9.81. The molecular formula is C49H54ClN7O6S. The molecule has 0 unspecified atom stereocenters. The molecule has 0 aliphatic carbocycles. The summed E-state index contributed by atoms with van der Waals surface area (Å²) in [6.07, 6.45) is 1.32. The summed E-state index contributed by atoms with van der Waals surface area (Å²) in [5, 5.41) is 18.8. The molecule has 0 radical (unpaired) electrons. The van der Waals surface area contributed by atoms with Gasteiger partial charge in [-0.25, -0.2) is 4.98 Å². The van der Waals surface area contributed by atoms with Crippen molar-refractivity contribution in [3.8, 4) is 22.0 Å². The zero-order valence-corrected chi connectivity index (χ0v) is 38.6. The summed E-state index contributed by atoms with van der Waals surface area (Å²) in [7, 11) is 0. The van der Waals surface area contributed by atoms with Crippen molar-refractivity contribution in [2.75, 3.05) is 32.8 Å². The van der Waals surface area contributed by atoms with E-state index in [-0.39, 0.29) is 42.3 Å². The summed E-state index contributed by atoms with van der Waals surface area (Å²) >= 11 is 8.06. The van der Waals surface area contributed by atoms with Gasteiger partial charge in [-0.3, -0.25) is 23.9 Å². The summed E-state index contributed by atoms with van der Waals surface area (Å²) in [4.78, 5) is 54.9. The molecule has 2 saturated heterocycles. The maximum absolute atomic E-state index is 14.2. The number of benzene rings is 3. The summed E-state index contributed by atoms with van der Waals surface area (Å²) in [6.45, 7) is 15.0. The Morgan fingerprint density at radius 2 is 1.83 bits per heavy atom. The lowest BCUT2D eigenvalue weighted by molar-refractivity contribution is -0.141. The van der Waals surface area contributed by atoms with E-state index in [4.69, 9.17) is 20.9 Å². The van der Waals surface area contributed by atoms with Crippen LogP contribution in [0.25, 0.3) is 27.0 Å². The number of amides is 2. The van der Waals surface area contributed by atoms with Crippen molar-refractivity contribution in [2.45, 2.75) is 96.2 Å². The van der Waals surface area contributed by atoms with Gasteiger partial charge in [0.25, 0.3) is 11.4 Å². The minimum absolute atomic E-state index is 0.0529. The fraction of sp³-hybridized carbons (Fsp3) is 0.429. The van der Waals surface area contributed by atoms with Gasteiger partial charge in [0, 0.05) is 25.6 Å². The van der Waals surface area contributed by atoms with Gasteiger partial charge in [0.2, 0.25) is 11.8 Å². The molecule has 3 aliphatic heterocycles.